The lowest BCUT2D eigenvalue weighted by Crippen LogP contribution is -2.41. The Morgan fingerprint density at radius 3 is 2.88 bits per heavy atom. The summed E-state index contributed by atoms with van der Waals surface area (Å²) in [7, 11) is 1.70. The highest BCUT2D eigenvalue weighted by molar-refractivity contribution is 5.60. The predicted molar refractivity (Wildman–Crippen MR) is 98.4 cm³/mol. The molecule has 1 N–H and O–H groups in total. The van der Waals surface area contributed by atoms with E-state index in [0.717, 1.165) is 24.5 Å². The molecule has 0 radical (unpaired) electrons. The van der Waals surface area contributed by atoms with Gasteiger partial charge in [0.15, 0.2) is 0 Å². The van der Waals surface area contributed by atoms with Crippen molar-refractivity contribution < 1.29 is 9.66 Å². The second-order valence-corrected chi connectivity index (χ2v) is 6.38. The summed E-state index contributed by atoms with van der Waals surface area (Å²) >= 11 is 0. The molecule has 3 heterocycles. The van der Waals surface area contributed by atoms with Crippen LogP contribution in [0.15, 0.2) is 18.3 Å². The number of aryl methyl sites for hydroxylation is 2. The normalized spacial score (nSPS) is 17.3. The summed E-state index contributed by atoms with van der Waals surface area (Å²) < 4.78 is 7.07. The fraction of sp³-hybridized carbons (Fsp3) is 0.529. The lowest BCUT2D eigenvalue weighted by Gasteiger charge is -2.32. The van der Waals surface area contributed by atoms with E-state index in [2.05, 4.69) is 27.2 Å². The molecule has 1 unspecified atom stereocenters. The smallest absolute Gasteiger partial charge is 0.333 e. The third kappa shape index (κ3) is 3.77. The van der Waals surface area contributed by atoms with E-state index in [1.54, 1.807) is 13.2 Å². The third-order valence-corrected chi connectivity index (χ3v) is 4.44. The molecule has 0 saturated carbocycles. The van der Waals surface area contributed by atoms with Gasteiger partial charge in [-0.1, -0.05) is 13.0 Å². The Balaban J connectivity index is 1.69. The Kier molecular flexibility index (Phi) is 5.36. The molecule has 1 saturated heterocycles. The maximum atomic E-state index is 11.4. The Hall–Kier alpha value is -2.68. The number of nitrogens with one attached hydrogen (secondary N) is 1. The van der Waals surface area contributed by atoms with Gasteiger partial charge in [0.25, 0.3) is 0 Å². The van der Waals surface area contributed by atoms with E-state index < -0.39 is 0 Å². The van der Waals surface area contributed by atoms with Gasteiger partial charge in [0.05, 0.1) is 17.6 Å². The van der Waals surface area contributed by atoms with E-state index in [4.69, 9.17) is 4.74 Å². The molecule has 0 aromatic carbocycles. The zero-order valence-corrected chi connectivity index (χ0v) is 15.3. The Morgan fingerprint density at radius 2 is 2.27 bits per heavy atom. The zero-order valence-electron chi connectivity index (χ0n) is 15.3. The molecular formula is C17H24N6O3. The highest BCUT2D eigenvalue weighted by Gasteiger charge is 2.25. The van der Waals surface area contributed by atoms with Gasteiger partial charge in [-0.25, -0.2) is 9.67 Å². The third-order valence-electron chi connectivity index (χ3n) is 4.44. The molecular weight excluding hydrogens is 336 g/mol. The standard InChI is InChI=1S/C17H24N6O3/c1-4-14-16(23(24)25)17(21(3)20-14)19-10-13-5-6-15(18-9-13)22-7-8-26-12(2)11-22/h5-6,9,12,19H,4,7-8,10-11H2,1-3H3. The van der Waals surface area contributed by atoms with E-state index in [1.807, 2.05) is 19.1 Å². The quantitative estimate of drug-likeness (QED) is 0.622. The summed E-state index contributed by atoms with van der Waals surface area (Å²) in [6.45, 7) is 6.71. The van der Waals surface area contributed by atoms with E-state index >= 15 is 0 Å². The van der Waals surface area contributed by atoms with Crippen LogP contribution in [0.5, 0.6) is 0 Å². The van der Waals surface area contributed by atoms with Gasteiger partial charge in [-0.3, -0.25) is 10.1 Å². The number of hydrogen-bond acceptors (Lipinski definition) is 7. The number of pyridine rings is 1. The van der Waals surface area contributed by atoms with Crippen molar-refractivity contribution in [2.24, 2.45) is 7.05 Å². The van der Waals surface area contributed by atoms with Crippen LogP contribution in [0.25, 0.3) is 0 Å². The van der Waals surface area contributed by atoms with Crippen molar-refractivity contribution in [2.45, 2.75) is 32.9 Å². The van der Waals surface area contributed by atoms with Crippen LogP contribution in [0.1, 0.15) is 25.1 Å². The Morgan fingerprint density at radius 1 is 1.46 bits per heavy atom. The van der Waals surface area contributed by atoms with Crippen molar-refractivity contribution >= 4 is 17.3 Å². The van der Waals surface area contributed by atoms with E-state index in [-0.39, 0.29) is 16.7 Å². The predicted octanol–water partition coefficient (Wildman–Crippen LogP) is 2.12. The number of aromatic nitrogens is 3. The molecule has 1 aliphatic rings. The van der Waals surface area contributed by atoms with Gasteiger partial charge in [-0.2, -0.15) is 5.10 Å². The number of nitro groups is 1. The average molecular weight is 360 g/mol. The lowest BCUT2D eigenvalue weighted by molar-refractivity contribution is -0.384. The van der Waals surface area contributed by atoms with Gasteiger partial charge in [0.2, 0.25) is 5.82 Å². The monoisotopic (exact) mass is 360 g/mol. The number of ether oxygens (including phenoxy) is 1. The Bertz CT molecular complexity index is 774. The van der Waals surface area contributed by atoms with Crippen LogP contribution in [-0.2, 0) is 24.8 Å². The van der Waals surface area contributed by atoms with Crippen LogP contribution in [-0.4, -0.2) is 45.5 Å². The maximum absolute atomic E-state index is 11.4. The van der Waals surface area contributed by atoms with Crippen molar-refractivity contribution in [1.82, 2.24) is 14.8 Å². The van der Waals surface area contributed by atoms with Crippen molar-refractivity contribution in [1.29, 1.82) is 0 Å². The first-order valence-corrected chi connectivity index (χ1v) is 8.75. The van der Waals surface area contributed by atoms with E-state index in [1.165, 1.54) is 4.68 Å². The fourth-order valence-corrected chi connectivity index (χ4v) is 3.12. The number of nitrogens with zero attached hydrogens (tertiary/aromatic N) is 5. The van der Waals surface area contributed by atoms with E-state index in [0.29, 0.717) is 31.1 Å². The van der Waals surface area contributed by atoms with Crippen LogP contribution in [0.3, 0.4) is 0 Å². The van der Waals surface area contributed by atoms with Gasteiger partial charge < -0.3 is 15.0 Å². The summed E-state index contributed by atoms with van der Waals surface area (Å²) in [6, 6.07) is 3.96. The molecule has 26 heavy (non-hydrogen) atoms. The molecule has 2 aromatic heterocycles. The van der Waals surface area contributed by atoms with Crippen LogP contribution in [0, 0.1) is 10.1 Å². The molecule has 3 rings (SSSR count). The minimum absolute atomic E-state index is 0.0434. The SMILES string of the molecule is CCc1nn(C)c(NCc2ccc(N3CCOC(C)C3)nc2)c1[N+](=O)[O-]. The zero-order chi connectivity index (χ0) is 18.7. The van der Waals surface area contributed by atoms with Crippen LogP contribution in [0.4, 0.5) is 17.3 Å². The van der Waals surface area contributed by atoms with Gasteiger partial charge >= 0.3 is 5.69 Å². The van der Waals surface area contributed by atoms with Gasteiger partial charge in [0, 0.05) is 32.9 Å². The molecule has 0 bridgehead atoms. The minimum Gasteiger partial charge on any atom is -0.375 e. The van der Waals surface area contributed by atoms with Gasteiger partial charge in [-0.05, 0) is 25.0 Å². The number of anilines is 2. The van der Waals surface area contributed by atoms with Crippen molar-refractivity contribution in [2.75, 3.05) is 29.9 Å². The van der Waals surface area contributed by atoms with Crippen LogP contribution < -0.4 is 10.2 Å². The average Bonchev–Trinajstić information content (AvgIpc) is 2.96. The Labute approximate surface area is 152 Å². The largest absolute Gasteiger partial charge is 0.375 e. The van der Waals surface area contributed by atoms with Gasteiger partial charge in [-0.15, -0.1) is 0 Å². The summed E-state index contributed by atoms with van der Waals surface area (Å²) in [4.78, 5) is 17.7. The summed E-state index contributed by atoms with van der Waals surface area (Å²) in [5.41, 5.74) is 1.47. The molecule has 1 atom stereocenters. The fourth-order valence-electron chi connectivity index (χ4n) is 3.12. The van der Waals surface area contributed by atoms with Crippen molar-refractivity contribution in [3.63, 3.8) is 0 Å². The van der Waals surface area contributed by atoms with Crippen molar-refractivity contribution in [3.8, 4) is 0 Å². The molecule has 2 aromatic rings. The molecule has 0 spiro atoms. The highest BCUT2D eigenvalue weighted by Crippen LogP contribution is 2.28. The first-order valence-electron chi connectivity index (χ1n) is 8.75. The molecule has 1 aliphatic heterocycles. The first-order chi connectivity index (χ1) is 12.5. The molecule has 1 fully saturated rings. The second-order valence-electron chi connectivity index (χ2n) is 6.38. The molecule has 0 amide bonds. The summed E-state index contributed by atoms with van der Waals surface area (Å²) in [6.07, 6.45) is 2.51. The second kappa shape index (κ2) is 7.69. The molecule has 0 aliphatic carbocycles. The molecule has 9 heteroatoms. The van der Waals surface area contributed by atoms with Crippen LogP contribution >= 0.6 is 0 Å². The van der Waals surface area contributed by atoms with E-state index in [9.17, 15) is 10.1 Å². The number of hydrogen-bond donors (Lipinski definition) is 1. The number of rotatable bonds is 6. The molecule has 9 nitrogen and oxygen atoms in total. The summed E-state index contributed by atoms with van der Waals surface area (Å²) in [5.74, 6) is 1.33. The summed E-state index contributed by atoms with van der Waals surface area (Å²) in [5, 5.41) is 18.7. The van der Waals surface area contributed by atoms with Crippen molar-refractivity contribution in [3.05, 3.63) is 39.7 Å². The highest BCUT2D eigenvalue weighted by atomic mass is 16.6. The number of morpholine rings is 1. The maximum Gasteiger partial charge on any atom is 0.333 e. The minimum atomic E-state index is -0.380. The molecule has 140 valence electrons. The van der Waals surface area contributed by atoms with Gasteiger partial charge in [0.1, 0.15) is 11.5 Å². The lowest BCUT2D eigenvalue weighted by atomic mass is 10.2. The van der Waals surface area contributed by atoms with Crippen LogP contribution in [0.2, 0.25) is 0 Å². The first kappa shape index (κ1) is 18.1. The topological polar surface area (TPSA) is 98.4 Å².